The number of rotatable bonds is 11. The largest absolute Gasteiger partial charge is 0.510 e. The van der Waals surface area contributed by atoms with E-state index in [9.17, 15) is 13.0 Å². The molecule has 6 nitrogen and oxygen atoms in total. The third kappa shape index (κ3) is 7.50. The van der Waals surface area contributed by atoms with Gasteiger partial charge in [-0.25, -0.2) is 4.18 Å². The molecule has 0 aliphatic heterocycles. The molecule has 0 bridgehead atoms. The topological polar surface area (TPSA) is 78.9 Å². The Morgan fingerprint density at radius 3 is 2.38 bits per heavy atom. The molecular formula is C17H19ClO6PS+. The number of hydrogen-bond acceptors (Lipinski definition) is 6. The van der Waals surface area contributed by atoms with Gasteiger partial charge < -0.3 is 4.74 Å². The summed E-state index contributed by atoms with van der Waals surface area (Å²) >= 11 is 5.70. The fraction of sp³-hybridized carbons (Fsp3) is 0.294. The van der Waals surface area contributed by atoms with E-state index in [-0.39, 0.29) is 11.1 Å². The molecule has 1 unspecified atom stereocenters. The molecule has 2 aromatic carbocycles. The Labute approximate surface area is 159 Å². The highest BCUT2D eigenvalue weighted by atomic mass is 35.5. The van der Waals surface area contributed by atoms with Crippen LogP contribution in [0.25, 0.3) is 0 Å². The zero-order chi connectivity index (χ0) is 18.8. The van der Waals surface area contributed by atoms with Crippen LogP contribution in [-0.2, 0) is 34.7 Å². The molecule has 0 aliphatic rings. The van der Waals surface area contributed by atoms with Crippen molar-refractivity contribution < 1.29 is 26.4 Å². The summed E-state index contributed by atoms with van der Waals surface area (Å²) in [5.41, 5.74) is 1.06. The number of benzene rings is 2. The highest BCUT2D eigenvalue weighted by molar-refractivity contribution is 7.86. The second-order valence-electron chi connectivity index (χ2n) is 5.22. The second-order valence-corrected chi connectivity index (χ2v) is 8.64. The van der Waals surface area contributed by atoms with Crippen molar-refractivity contribution in [2.45, 2.75) is 17.9 Å². The Hall–Kier alpha value is -1.34. The van der Waals surface area contributed by atoms with Crippen LogP contribution in [0.2, 0.25) is 5.02 Å². The maximum absolute atomic E-state index is 11.9. The van der Waals surface area contributed by atoms with E-state index < -0.39 is 24.9 Å². The molecule has 0 amide bonds. The minimum Gasteiger partial charge on any atom is -0.377 e. The molecule has 0 heterocycles. The van der Waals surface area contributed by atoms with E-state index in [0.717, 1.165) is 5.56 Å². The van der Waals surface area contributed by atoms with Crippen molar-refractivity contribution >= 4 is 29.7 Å². The van der Waals surface area contributed by atoms with Crippen LogP contribution >= 0.6 is 19.6 Å². The number of ether oxygens (including phenoxy) is 1. The first-order valence-corrected chi connectivity index (χ1v) is 11.0. The van der Waals surface area contributed by atoms with Crippen LogP contribution in [0.1, 0.15) is 12.0 Å². The molecule has 140 valence electrons. The van der Waals surface area contributed by atoms with E-state index in [2.05, 4.69) is 0 Å². The molecule has 0 aromatic heterocycles. The van der Waals surface area contributed by atoms with Gasteiger partial charge in [-0.2, -0.15) is 8.42 Å². The van der Waals surface area contributed by atoms with Crippen LogP contribution < -0.4 is 0 Å². The van der Waals surface area contributed by atoms with Crippen LogP contribution in [-0.4, -0.2) is 28.0 Å². The van der Waals surface area contributed by atoms with Crippen LogP contribution in [0, 0.1) is 0 Å². The number of halogens is 1. The molecule has 2 aromatic rings. The van der Waals surface area contributed by atoms with Gasteiger partial charge in [0.15, 0.2) is 6.16 Å². The van der Waals surface area contributed by atoms with Crippen molar-refractivity contribution in [3.63, 3.8) is 0 Å². The summed E-state index contributed by atoms with van der Waals surface area (Å²) in [5.74, 6) is 0. The summed E-state index contributed by atoms with van der Waals surface area (Å²) in [6.07, 6.45) is 0.792. The van der Waals surface area contributed by atoms with Gasteiger partial charge in [-0.1, -0.05) is 41.9 Å². The maximum atomic E-state index is 11.9. The lowest BCUT2D eigenvalue weighted by molar-refractivity contribution is 0.118. The third-order valence-corrected chi connectivity index (χ3v) is 5.83. The molecule has 0 spiro atoms. The fourth-order valence-corrected chi connectivity index (χ4v) is 3.60. The zero-order valence-electron chi connectivity index (χ0n) is 13.9. The Bertz CT molecular complexity index is 796. The van der Waals surface area contributed by atoms with Crippen LogP contribution in [0.5, 0.6) is 0 Å². The summed E-state index contributed by atoms with van der Waals surface area (Å²) in [6.45, 7) is 0.315. The first-order chi connectivity index (χ1) is 12.5. The molecule has 9 heteroatoms. The maximum Gasteiger partial charge on any atom is 0.510 e. The summed E-state index contributed by atoms with van der Waals surface area (Å²) in [7, 11) is -5.99. The zero-order valence-corrected chi connectivity index (χ0v) is 16.4. The molecular weight excluding hydrogens is 399 g/mol. The van der Waals surface area contributed by atoms with Crippen molar-refractivity contribution in [2.24, 2.45) is 0 Å². The van der Waals surface area contributed by atoms with E-state index >= 15 is 0 Å². The standard InChI is InChI=1S/C17H19ClO6PS/c18-16-7-9-17(10-8-16)26(20,21)24-14-23-25(19)12-4-11-22-13-15-5-2-1-3-6-15/h1-3,5-10H,4,11-14H2/q+1. The SMILES string of the molecule is O=[P+](CCCOCc1ccccc1)OCOS(=O)(=O)c1ccc(Cl)cc1. The Morgan fingerprint density at radius 1 is 1.00 bits per heavy atom. The van der Waals surface area contributed by atoms with Crippen molar-refractivity contribution in [1.29, 1.82) is 0 Å². The fourth-order valence-electron chi connectivity index (χ4n) is 1.94. The van der Waals surface area contributed by atoms with E-state index in [1.54, 1.807) is 0 Å². The predicted octanol–water partition coefficient (Wildman–Crippen LogP) is 4.37. The highest BCUT2D eigenvalue weighted by Gasteiger charge is 2.21. The van der Waals surface area contributed by atoms with Gasteiger partial charge in [0.25, 0.3) is 10.1 Å². The van der Waals surface area contributed by atoms with Gasteiger partial charge in [-0.3, -0.25) is 0 Å². The lowest BCUT2D eigenvalue weighted by Crippen LogP contribution is -2.08. The lowest BCUT2D eigenvalue weighted by atomic mass is 10.2. The average Bonchev–Trinajstić information content (AvgIpc) is 2.62. The van der Waals surface area contributed by atoms with E-state index in [1.807, 2.05) is 30.3 Å². The molecule has 2 rings (SSSR count). The van der Waals surface area contributed by atoms with Crippen molar-refractivity contribution in [3.05, 3.63) is 65.2 Å². The van der Waals surface area contributed by atoms with Gasteiger partial charge in [0, 0.05) is 11.4 Å². The van der Waals surface area contributed by atoms with Gasteiger partial charge in [0.1, 0.15) is 0 Å². The lowest BCUT2D eigenvalue weighted by Gasteiger charge is -2.03. The first-order valence-electron chi connectivity index (χ1n) is 7.81. The van der Waals surface area contributed by atoms with Crippen molar-refractivity contribution in [2.75, 3.05) is 19.6 Å². The summed E-state index contributed by atoms with van der Waals surface area (Å²) in [6, 6.07) is 15.2. The molecule has 0 radical (unpaired) electrons. The monoisotopic (exact) mass is 417 g/mol. The molecule has 0 saturated heterocycles. The normalized spacial score (nSPS) is 12.1. The van der Waals surface area contributed by atoms with Crippen molar-refractivity contribution in [1.82, 2.24) is 0 Å². The van der Waals surface area contributed by atoms with E-state index in [4.69, 9.17) is 25.0 Å². The molecule has 0 N–H and O–H groups in total. The van der Waals surface area contributed by atoms with Gasteiger partial charge in [-0.05, 0) is 34.4 Å². The van der Waals surface area contributed by atoms with Gasteiger partial charge in [0.05, 0.1) is 18.1 Å². The van der Waals surface area contributed by atoms with Crippen molar-refractivity contribution in [3.8, 4) is 0 Å². The molecule has 0 aliphatic carbocycles. The Morgan fingerprint density at radius 2 is 1.69 bits per heavy atom. The number of hydrogen-bond donors (Lipinski definition) is 0. The minimum atomic E-state index is -3.97. The quantitative estimate of drug-likeness (QED) is 0.234. The van der Waals surface area contributed by atoms with Gasteiger partial charge >= 0.3 is 8.03 Å². The van der Waals surface area contributed by atoms with E-state index in [1.165, 1.54) is 24.3 Å². The van der Waals surface area contributed by atoms with Crippen LogP contribution in [0.3, 0.4) is 0 Å². The van der Waals surface area contributed by atoms with Crippen LogP contribution in [0.15, 0.2) is 59.5 Å². The van der Waals surface area contributed by atoms with E-state index in [0.29, 0.717) is 24.7 Å². The smallest absolute Gasteiger partial charge is 0.377 e. The Kier molecular flexibility index (Phi) is 8.65. The molecule has 0 fully saturated rings. The minimum absolute atomic E-state index is 0.0463. The average molecular weight is 418 g/mol. The third-order valence-electron chi connectivity index (χ3n) is 3.24. The summed E-state index contributed by atoms with van der Waals surface area (Å²) in [5, 5.41) is 0.415. The van der Waals surface area contributed by atoms with Gasteiger partial charge in [0.2, 0.25) is 6.79 Å². The summed E-state index contributed by atoms with van der Waals surface area (Å²) in [4.78, 5) is -0.0463. The molecule has 0 saturated carbocycles. The summed E-state index contributed by atoms with van der Waals surface area (Å²) < 4.78 is 50.6. The second kappa shape index (κ2) is 10.7. The Balaban J connectivity index is 1.60. The van der Waals surface area contributed by atoms with Crippen LogP contribution in [0.4, 0.5) is 0 Å². The first kappa shape index (κ1) is 21.0. The predicted molar refractivity (Wildman–Crippen MR) is 98.9 cm³/mol. The molecule has 1 atom stereocenters. The van der Waals surface area contributed by atoms with Gasteiger partial charge in [-0.15, -0.1) is 4.52 Å². The molecule has 26 heavy (non-hydrogen) atoms. The highest BCUT2D eigenvalue weighted by Crippen LogP contribution is 2.24.